The molecule has 6 N–H and O–H groups in total. The van der Waals surface area contributed by atoms with Gasteiger partial charge in [-0.15, -0.1) is 0 Å². The van der Waals surface area contributed by atoms with E-state index in [1.807, 2.05) is 42.5 Å². The van der Waals surface area contributed by atoms with Gasteiger partial charge in [-0.3, -0.25) is 19.2 Å². The first-order chi connectivity index (χ1) is 20.2. The Morgan fingerprint density at radius 1 is 0.881 bits per heavy atom. The SMILES string of the molecule is C[C@@H](N)C(=O)N[C@@H](Cc1ccc(C(N)=O)cc1)C(=O)C1C[C@@H](c2ccccc2)C[C@H]1C(=O)N[C@@H]1CCc2ccccc21. The van der Waals surface area contributed by atoms with Gasteiger partial charge in [-0.05, 0) is 79.3 Å². The monoisotopic (exact) mass is 566 g/mol. The number of rotatable bonds is 10. The van der Waals surface area contributed by atoms with Gasteiger partial charge in [0.25, 0.3) is 0 Å². The number of nitrogens with one attached hydrogen (secondary N) is 2. The summed E-state index contributed by atoms with van der Waals surface area (Å²) in [6, 6.07) is 23.0. The molecule has 0 aliphatic heterocycles. The summed E-state index contributed by atoms with van der Waals surface area (Å²) in [7, 11) is 0. The summed E-state index contributed by atoms with van der Waals surface area (Å²) in [6.07, 6.45) is 2.98. The van der Waals surface area contributed by atoms with Crippen molar-refractivity contribution in [2.45, 2.75) is 63.1 Å². The molecule has 1 fully saturated rings. The van der Waals surface area contributed by atoms with Crippen LogP contribution in [-0.4, -0.2) is 35.6 Å². The maximum absolute atomic E-state index is 14.3. The topological polar surface area (TPSA) is 144 Å². The standard InChI is InChI=1S/C34H38N4O4/c1-20(35)33(41)38-30(17-21-11-13-24(14-12-21)32(36)40)31(39)27-18-25(22-7-3-2-4-8-22)19-28(27)34(42)37-29-16-15-23-9-5-6-10-26(23)29/h2-14,20,25,27-30H,15-19,35H2,1H3,(H2,36,40)(H,37,42)(H,38,41)/t20-,25-,27?,28-,29-,30+/m1/s1. The Balaban J connectivity index is 1.41. The molecule has 3 aromatic carbocycles. The van der Waals surface area contributed by atoms with Crippen molar-refractivity contribution in [2.75, 3.05) is 0 Å². The lowest BCUT2D eigenvalue weighted by atomic mass is 9.85. The molecule has 218 valence electrons. The number of fused-ring (bicyclic) bond motifs is 1. The molecule has 3 amide bonds. The van der Waals surface area contributed by atoms with Crippen LogP contribution >= 0.6 is 0 Å². The van der Waals surface area contributed by atoms with Gasteiger partial charge >= 0.3 is 0 Å². The van der Waals surface area contributed by atoms with Gasteiger partial charge in [-0.2, -0.15) is 0 Å². The lowest BCUT2D eigenvalue weighted by Gasteiger charge is -2.26. The zero-order valence-corrected chi connectivity index (χ0v) is 23.8. The molecule has 0 spiro atoms. The van der Waals surface area contributed by atoms with Crippen LogP contribution in [0.1, 0.15) is 70.8 Å². The molecule has 6 atom stereocenters. The molecule has 3 aromatic rings. The Bertz CT molecular complexity index is 1450. The fourth-order valence-corrected chi connectivity index (χ4v) is 6.45. The van der Waals surface area contributed by atoms with E-state index in [1.54, 1.807) is 31.2 Å². The molecule has 2 aliphatic carbocycles. The van der Waals surface area contributed by atoms with Crippen LogP contribution in [-0.2, 0) is 27.2 Å². The van der Waals surface area contributed by atoms with Crippen LogP contribution in [0.4, 0.5) is 0 Å². The molecule has 0 bridgehead atoms. The Kier molecular flexibility index (Phi) is 8.83. The predicted octanol–water partition coefficient (Wildman–Crippen LogP) is 3.34. The number of benzene rings is 3. The minimum atomic E-state index is -0.884. The highest BCUT2D eigenvalue weighted by Gasteiger charge is 2.45. The van der Waals surface area contributed by atoms with Crippen LogP contribution in [0.25, 0.3) is 0 Å². The third-order valence-electron chi connectivity index (χ3n) is 8.74. The minimum absolute atomic E-state index is 0.0337. The zero-order chi connectivity index (χ0) is 29.8. The van der Waals surface area contributed by atoms with Gasteiger partial charge in [-0.1, -0.05) is 66.7 Å². The number of carbonyl (C=O) groups is 4. The van der Waals surface area contributed by atoms with E-state index >= 15 is 0 Å². The van der Waals surface area contributed by atoms with Gasteiger partial charge in [0.2, 0.25) is 17.7 Å². The molecular formula is C34H38N4O4. The fourth-order valence-electron chi connectivity index (χ4n) is 6.45. The summed E-state index contributed by atoms with van der Waals surface area (Å²) >= 11 is 0. The van der Waals surface area contributed by atoms with E-state index in [2.05, 4.69) is 22.8 Å². The van der Waals surface area contributed by atoms with Gasteiger partial charge in [0.05, 0.1) is 18.1 Å². The van der Waals surface area contributed by atoms with Gasteiger partial charge in [0.15, 0.2) is 5.78 Å². The molecule has 5 rings (SSSR count). The first-order valence-corrected chi connectivity index (χ1v) is 14.6. The van der Waals surface area contributed by atoms with Crippen LogP contribution < -0.4 is 22.1 Å². The van der Waals surface area contributed by atoms with Crippen molar-refractivity contribution in [1.29, 1.82) is 0 Å². The van der Waals surface area contributed by atoms with Crippen LogP contribution in [0, 0.1) is 11.8 Å². The number of nitrogens with two attached hydrogens (primary N) is 2. The number of Topliss-reactive ketones (excluding diaryl/α,β-unsaturated/α-hetero) is 1. The van der Waals surface area contributed by atoms with Crippen LogP contribution in [0.15, 0.2) is 78.9 Å². The fraction of sp³-hybridized carbons (Fsp3) is 0.353. The maximum Gasteiger partial charge on any atom is 0.248 e. The second kappa shape index (κ2) is 12.7. The summed E-state index contributed by atoms with van der Waals surface area (Å²) < 4.78 is 0. The average Bonchev–Trinajstić information content (AvgIpc) is 3.62. The highest BCUT2D eigenvalue weighted by molar-refractivity contribution is 5.96. The molecule has 8 nitrogen and oxygen atoms in total. The first kappa shape index (κ1) is 29.2. The highest BCUT2D eigenvalue weighted by atomic mass is 16.2. The first-order valence-electron chi connectivity index (χ1n) is 14.6. The number of carbonyl (C=O) groups excluding carboxylic acids is 4. The van der Waals surface area contributed by atoms with Crippen LogP contribution in [0.3, 0.4) is 0 Å². The van der Waals surface area contributed by atoms with Gasteiger partial charge in [0, 0.05) is 17.4 Å². The molecule has 0 saturated heterocycles. The molecule has 2 aliphatic rings. The van der Waals surface area contributed by atoms with Crippen molar-refractivity contribution in [3.05, 3.63) is 107 Å². The van der Waals surface area contributed by atoms with Crippen molar-refractivity contribution >= 4 is 23.5 Å². The van der Waals surface area contributed by atoms with E-state index in [0.717, 1.165) is 29.5 Å². The van der Waals surface area contributed by atoms with Crippen molar-refractivity contribution < 1.29 is 19.2 Å². The van der Waals surface area contributed by atoms with Crippen molar-refractivity contribution in [3.63, 3.8) is 0 Å². The molecule has 0 aromatic heterocycles. The van der Waals surface area contributed by atoms with Crippen molar-refractivity contribution in [3.8, 4) is 0 Å². The second-order valence-corrected chi connectivity index (χ2v) is 11.6. The molecule has 0 heterocycles. The summed E-state index contributed by atoms with van der Waals surface area (Å²) in [5.41, 5.74) is 15.8. The molecule has 1 unspecified atom stereocenters. The van der Waals surface area contributed by atoms with Crippen LogP contribution in [0.2, 0.25) is 0 Å². The zero-order valence-electron chi connectivity index (χ0n) is 23.8. The van der Waals surface area contributed by atoms with E-state index < -0.39 is 35.7 Å². The lowest BCUT2D eigenvalue weighted by Crippen LogP contribution is -2.51. The molecule has 42 heavy (non-hydrogen) atoms. The molecular weight excluding hydrogens is 528 g/mol. The lowest BCUT2D eigenvalue weighted by molar-refractivity contribution is -0.135. The number of hydrogen-bond acceptors (Lipinski definition) is 5. The van der Waals surface area contributed by atoms with E-state index in [0.29, 0.717) is 18.4 Å². The Labute approximate surface area is 246 Å². The van der Waals surface area contributed by atoms with Crippen LogP contribution in [0.5, 0.6) is 0 Å². The third-order valence-corrected chi connectivity index (χ3v) is 8.74. The van der Waals surface area contributed by atoms with Gasteiger partial charge < -0.3 is 22.1 Å². The number of ketones is 1. The third kappa shape index (κ3) is 6.44. The normalized spacial score (nSPS) is 22.5. The van der Waals surface area contributed by atoms with Crippen molar-refractivity contribution in [1.82, 2.24) is 10.6 Å². The highest BCUT2D eigenvalue weighted by Crippen LogP contribution is 2.44. The minimum Gasteiger partial charge on any atom is -0.366 e. The van der Waals surface area contributed by atoms with E-state index in [4.69, 9.17) is 11.5 Å². The molecule has 1 saturated carbocycles. The van der Waals surface area contributed by atoms with E-state index in [-0.39, 0.29) is 30.1 Å². The number of amides is 3. The largest absolute Gasteiger partial charge is 0.366 e. The predicted molar refractivity (Wildman–Crippen MR) is 160 cm³/mol. The Morgan fingerprint density at radius 2 is 1.55 bits per heavy atom. The number of hydrogen-bond donors (Lipinski definition) is 4. The number of aryl methyl sites for hydroxylation is 1. The average molecular weight is 567 g/mol. The summed E-state index contributed by atoms with van der Waals surface area (Å²) in [5.74, 6) is -2.40. The summed E-state index contributed by atoms with van der Waals surface area (Å²) in [4.78, 5) is 52.5. The Hall–Kier alpha value is -4.30. The van der Waals surface area contributed by atoms with Crippen molar-refractivity contribution in [2.24, 2.45) is 23.3 Å². The number of primary amides is 1. The molecule has 8 heteroatoms. The Morgan fingerprint density at radius 3 is 2.24 bits per heavy atom. The van der Waals surface area contributed by atoms with Gasteiger partial charge in [0.1, 0.15) is 0 Å². The second-order valence-electron chi connectivity index (χ2n) is 11.6. The summed E-state index contributed by atoms with van der Waals surface area (Å²) in [6.45, 7) is 1.56. The van der Waals surface area contributed by atoms with E-state index in [1.165, 1.54) is 5.56 Å². The quantitative estimate of drug-likeness (QED) is 0.298. The maximum atomic E-state index is 14.3. The summed E-state index contributed by atoms with van der Waals surface area (Å²) in [5, 5.41) is 6.10. The van der Waals surface area contributed by atoms with E-state index in [9.17, 15) is 19.2 Å². The smallest absolute Gasteiger partial charge is 0.248 e. The molecule has 0 radical (unpaired) electrons. The van der Waals surface area contributed by atoms with Gasteiger partial charge in [-0.25, -0.2) is 0 Å².